The third kappa shape index (κ3) is 5.92. The van der Waals surface area contributed by atoms with Gasteiger partial charge in [0.15, 0.2) is 0 Å². The van der Waals surface area contributed by atoms with Crippen molar-refractivity contribution in [3.8, 4) is 5.75 Å². The van der Waals surface area contributed by atoms with Crippen LogP contribution in [-0.2, 0) is 4.74 Å². The lowest BCUT2D eigenvalue weighted by Crippen LogP contribution is -2.49. The summed E-state index contributed by atoms with van der Waals surface area (Å²) in [5, 5.41) is 0. The van der Waals surface area contributed by atoms with E-state index in [0.717, 1.165) is 57.7 Å². The largest absolute Gasteiger partial charge is 0.491 e. The predicted molar refractivity (Wildman–Crippen MR) is 95.2 cm³/mol. The van der Waals surface area contributed by atoms with Crippen LogP contribution in [0.15, 0.2) is 24.3 Å². The Hall–Kier alpha value is -1.95. The summed E-state index contributed by atoms with van der Waals surface area (Å²) in [5.74, 6) is 0.771. The summed E-state index contributed by atoms with van der Waals surface area (Å²) in [6, 6.07) is 7.59. The number of nitrogens with zero attached hydrogens (tertiary/aromatic N) is 2. The minimum Gasteiger partial charge on any atom is -0.491 e. The summed E-state index contributed by atoms with van der Waals surface area (Å²) < 4.78 is 10.7. The van der Waals surface area contributed by atoms with Crippen LogP contribution in [0.5, 0.6) is 5.75 Å². The fourth-order valence-corrected chi connectivity index (χ4v) is 2.78. The highest BCUT2D eigenvalue weighted by atomic mass is 16.6. The Labute approximate surface area is 144 Å². The molecule has 1 aromatic rings. The van der Waals surface area contributed by atoms with Crippen molar-refractivity contribution in [3.05, 3.63) is 24.3 Å². The quantitative estimate of drug-likeness (QED) is 0.584. The molecule has 1 amide bonds. The van der Waals surface area contributed by atoms with Crippen LogP contribution in [0.3, 0.4) is 0 Å². The van der Waals surface area contributed by atoms with Crippen LogP contribution in [0.4, 0.5) is 10.5 Å². The molecule has 134 valence electrons. The zero-order valence-corrected chi connectivity index (χ0v) is 14.6. The molecule has 1 fully saturated rings. The zero-order valence-electron chi connectivity index (χ0n) is 14.6. The number of nitrogen functional groups attached to an aromatic ring is 1. The minimum absolute atomic E-state index is 0.186. The second-order valence-corrected chi connectivity index (χ2v) is 5.97. The number of hydrogen-bond acceptors (Lipinski definition) is 5. The van der Waals surface area contributed by atoms with E-state index in [1.807, 2.05) is 31.2 Å². The third-order valence-electron chi connectivity index (χ3n) is 4.19. The standard InChI is InChI=1S/C18H29N3O3/c1-2-23-18(22)21-13-11-20(12-14-21)10-6-3-7-15-24-17-9-5-4-8-16(17)19/h4-5,8-9H,2-3,6-7,10-15,19H2,1H3. The summed E-state index contributed by atoms with van der Waals surface area (Å²) in [6.45, 7) is 7.42. The van der Waals surface area contributed by atoms with E-state index in [4.69, 9.17) is 15.2 Å². The molecule has 1 aromatic carbocycles. The van der Waals surface area contributed by atoms with Gasteiger partial charge in [-0.05, 0) is 44.9 Å². The Balaban J connectivity index is 1.51. The molecule has 0 radical (unpaired) electrons. The Morgan fingerprint density at radius 2 is 1.88 bits per heavy atom. The molecule has 6 heteroatoms. The number of carbonyl (C=O) groups excluding carboxylic acids is 1. The summed E-state index contributed by atoms with van der Waals surface area (Å²) in [4.78, 5) is 15.8. The molecular formula is C18H29N3O3. The second-order valence-electron chi connectivity index (χ2n) is 5.97. The molecule has 2 N–H and O–H groups in total. The summed E-state index contributed by atoms with van der Waals surface area (Å²) in [6.07, 6.45) is 3.11. The maximum Gasteiger partial charge on any atom is 0.409 e. The van der Waals surface area contributed by atoms with Gasteiger partial charge >= 0.3 is 6.09 Å². The first-order chi connectivity index (χ1) is 11.7. The number of ether oxygens (including phenoxy) is 2. The van der Waals surface area contributed by atoms with Gasteiger partial charge in [0.2, 0.25) is 0 Å². The molecule has 0 aliphatic carbocycles. The van der Waals surface area contributed by atoms with Gasteiger partial charge in [-0.1, -0.05) is 12.1 Å². The highest BCUT2D eigenvalue weighted by molar-refractivity contribution is 5.67. The van der Waals surface area contributed by atoms with E-state index in [1.165, 1.54) is 0 Å². The van der Waals surface area contributed by atoms with Crippen molar-refractivity contribution in [2.45, 2.75) is 26.2 Å². The SMILES string of the molecule is CCOC(=O)N1CCN(CCCCCOc2ccccc2N)CC1. The lowest BCUT2D eigenvalue weighted by atomic mass is 10.2. The first kappa shape index (κ1) is 18.4. The van der Waals surface area contributed by atoms with Gasteiger partial charge in [-0.3, -0.25) is 4.90 Å². The van der Waals surface area contributed by atoms with Gasteiger partial charge in [-0.2, -0.15) is 0 Å². The average molecular weight is 335 g/mol. The van der Waals surface area contributed by atoms with Gasteiger partial charge in [0.1, 0.15) is 5.75 Å². The number of unbranched alkanes of at least 4 members (excludes halogenated alkanes) is 2. The van der Waals surface area contributed by atoms with Gasteiger partial charge in [0.25, 0.3) is 0 Å². The number of piperazine rings is 1. The van der Waals surface area contributed by atoms with E-state index >= 15 is 0 Å². The molecule has 1 heterocycles. The molecular weight excluding hydrogens is 306 g/mol. The fourth-order valence-electron chi connectivity index (χ4n) is 2.78. The zero-order chi connectivity index (χ0) is 17.2. The lowest BCUT2D eigenvalue weighted by Gasteiger charge is -2.34. The normalized spacial score (nSPS) is 15.3. The molecule has 24 heavy (non-hydrogen) atoms. The number of benzene rings is 1. The van der Waals surface area contributed by atoms with Crippen molar-refractivity contribution < 1.29 is 14.3 Å². The molecule has 0 aromatic heterocycles. The van der Waals surface area contributed by atoms with Gasteiger partial charge in [-0.25, -0.2) is 4.79 Å². The Morgan fingerprint density at radius 1 is 1.12 bits per heavy atom. The van der Waals surface area contributed by atoms with Crippen LogP contribution in [0, 0.1) is 0 Å². The van der Waals surface area contributed by atoms with Crippen LogP contribution >= 0.6 is 0 Å². The average Bonchev–Trinajstić information content (AvgIpc) is 2.60. The molecule has 6 nitrogen and oxygen atoms in total. The fraction of sp³-hybridized carbons (Fsp3) is 0.611. The number of para-hydroxylation sites is 2. The van der Waals surface area contributed by atoms with E-state index in [-0.39, 0.29) is 6.09 Å². The van der Waals surface area contributed by atoms with Crippen LogP contribution in [0.1, 0.15) is 26.2 Å². The van der Waals surface area contributed by atoms with E-state index in [9.17, 15) is 4.79 Å². The van der Waals surface area contributed by atoms with Crippen LogP contribution in [-0.4, -0.2) is 61.8 Å². The second kappa shape index (κ2) is 10.0. The maximum atomic E-state index is 11.6. The number of amides is 1. The van der Waals surface area contributed by atoms with Crippen molar-refractivity contribution in [1.82, 2.24) is 9.80 Å². The first-order valence-corrected chi connectivity index (χ1v) is 8.82. The van der Waals surface area contributed by atoms with Gasteiger partial charge in [-0.15, -0.1) is 0 Å². The van der Waals surface area contributed by atoms with E-state index in [0.29, 0.717) is 18.9 Å². The van der Waals surface area contributed by atoms with Crippen LogP contribution in [0.25, 0.3) is 0 Å². The van der Waals surface area contributed by atoms with E-state index in [1.54, 1.807) is 4.90 Å². The number of nitrogens with two attached hydrogens (primary N) is 1. The highest BCUT2D eigenvalue weighted by Crippen LogP contribution is 2.20. The number of carbonyl (C=O) groups is 1. The van der Waals surface area contributed by atoms with E-state index in [2.05, 4.69) is 4.90 Å². The van der Waals surface area contributed by atoms with Crippen molar-refractivity contribution in [2.75, 3.05) is 51.7 Å². The maximum absolute atomic E-state index is 11.6. The van der Waals surface area contributed by atoms with Crippen molar-refractivity contribution in [3.63, 3.8) is 0 Å². The predicted octanol–water partition coefficient (Wildman–Crippen LogP) is 2.59. The van der Waals surface area contributed by atoms with Crippen molar-refractivity contribution >= 4 is 11.8 Å². The molecule has 0 spiro atoms. The highest BCUT2D eigenvalue weighted by Gasteiger charge is 2.21. The molecule has 0 saturated carbocycles. The Kier molecular flexibility index (Phi) is 7.68. The Bertz CT molecular complexity index is 502. The molecule has 2 rings (SSSR count). The van der Waals surface area contributed by atoms with Gasteiger partial charge < -0.3 is 20.1 Å². The first-order valence-electron chi connectivity index (χ1n) is 8.82. The van der Waals surface area contributed by atoms with Crippen molar-refractivity contribution in [2.24, 2.45) is 0 Å². The topological polar surface area (TPSA) is 68.0 Å². The van der Waals surface area contributed by atoms with Crippen LogP contribution in [0.2, 0.25) is 0 Å². The molecule has 0 unspecified atom stereocenters. The minimum atomic E-state index is -0.186. The molecule has 1 aliphatic rings. The molecule has 0 atom stereocenters. The Morgan fingerprint density at radius 3 is 2.58 bits per heavy atom. The summed E-state index contributed by atoms with van der Waals surface area (Å²) in [7, 11) is 0. The number of rotatable bonds is 8. The number of anilines is 1. The lowest BCUT2D eigenvalue weighted by molar-refractivity contribution is 0.0791. The molecule has 0 bridgehead atoms. The van der Waals surface area contributed by atoms with E-state index < -0.39 is 0 Å². The number of hydrogen-bond donors (Lipinski definition) is 1. The summed E-state index contributed by atoms with van der Waals surface area (Å²) in [5.41, 5.74) is 6.53. The molecule has 1 saturated heterocycles. The molecule has 1 aliphatic heterocycles. The van der Waals surface area contributed by atoms with Gasteiger partial charge in [0, 0.05) is 26.2 Å². The van der Waals surface area contributed by atoms with Gasteiger partial charge in [0.05, 0.1) is 18.9 Å². The summed E-state index contributed by atoms with van der Waals surface area (Å²) >= 11 is 0. The monoisotopic (exact) mass is 335 g/mol. The third-order valence-corrected chi connectivity index (χ3v) is 4.19. The van der Waals surface area contributed by atoms with Crippen LogP contribution < -0.4 is 10.5 Å². The van der Waals surface area contributed by atoms with Crippen molar-refractivity contribution in [1.29, 1.82) is 0 Å². The smallest absolute Gasteiger partial charge is 0.409 e.